The molecule has 194 valence electrons. The summed E-state index contributed by atoms with van der Waals surface area (Å²) >= 11 is 13.8. The number of hydrogen-bond acceptors (Lipinski definition) is 6. The van der Waals surface area contributed by atoms with Crippen LogP contribution in [0.15, 0.2) is 48.7 Å². The number of halogens is 3. The number of benzene rings is 1. The molecule has 1 amide bonds. The topological polar surface area (TPSA) is 71.4 Å². The molecule has 4 aromatic rings. The van der Waals surface area contributed by atoms with Gasteiger partial charge in [0.25, 0.3) is 5.91 Å². The summed E-state index contributed by atoms with van der Waals surface area (Å²) in [7, 11) is 0. The molecular weight excluding hydrogens is 536 g/mol. The van der Waals surface area contributed by atoms with Gasteiger partial charge in [-0.1, -0.05) is 23.2 Å². The molecule has 2 N–H and O–H groups in total. The molecule has 1 aliphatic heterocycles. The molecule has 0 bridgehead atoms. The Hall–Kier alpha value is -2.69. The maximum atomic E-state index is 14.0. The molecule has 1 aliphatic rings. The summed E-state index contributed by atoms with van der Waals surface area (Å²) in [6.07, 6.45) is 1.14. The first-order chi connectivity index (χ1) is 17.9. The fraction of sp³-hybridized carbons (Fsp3) is 0.308. The smallest absolute Gasteiger partial charge is 0.261 e. The monoisotopic (exact) mass is 561 g/mol. The number of piperazine rings is 1. The molecule has 5 rings (SSSR count). The molecule has 4 heterocycles. The van der Waals surface area contributed by atoms with Crippen molar-refractivity contribution in [3.05, 3.63) is 75.0 Å². The highest BCUT2D eigenvalue weighted by atomic mass is 35.5. The molecule has 0 saturated carbocycles. The average molecular weight is 562 g/mol. The van der Waals surface area contributed by atoms with E-state index in [2.05, 4.69) is 15.5 Å². The fourth-order valence-electron chi connectivity index (χ4n) is 4.31. The van der Waals surface area contributed by atoms with E-state index in [-0.39, 0.29) is 10.9 Å². The Kier molecular flexibility index (Phi) is 7.97. The maximum absolute atomic E-state index is 14.0. The third-order valence-corrected chi connectivity index (χ3v) is 8.09. The van der Waals surface area contributed by atoms with Gasteiger partial charge in [0, 0.05) is 56.1 Å². The Balaban J connectivity index is 1.26. The number of hydrogen-bond donors (Lipinski definition) is 2. The van der Waals surface area contributed by atoms with Crippen LogP contribution in [-0.4, -0.2) is 59.8 Å². The van der Waals surface area contributed by atoms with Crippen LogP contribution >= 0.6 is 34.5 Å². The molecule has 0 radical (unpaired) electrons. The lowest BCUT2D eigenvalue weighted by Gasteiger charge is -2.26. The number of fused-ring (bicyclic) bond motifs is 1. The first-order valence-corrected chi connectivity index (χ1v) is 13.6. The van der Waals surface area contributed by atoms with Crippen LogP contribution in [0.3, 0.4) is 0 Å². The molecule has 7 nitrogen and oxygen atoms in total. The quantitative estimate of drug-likeness (QED) is 0.295. The molecule has 0 spiro atoms. The van der Waals surface area contributed by atoms with Crippen molar-refractivity contribution in [2.24, 2.45) is 0 Å². The lowest BCUT2D eigenvalue weighted by molar-refractivity contribution is 0.0562. The minimum atomic E-state index is -0.601. The number of aromatic nitrogens is 2. The normalized spacial score (nSPS) is 15.1. The first kappa shape index (κ1) is 25.9. The van der Waals surface area contributed by atoms with Crippen molar-refractivity contribution < 1.29 is 14.0 Å². The number of pyridine rings is 1. The van der Waals surface area contributed by atoms with Crippen LogP contribution < -0.4 is 15.5 Å². The predicted molar refractivity (Wildman–Crippen MR) is 146 cm³/mol. The summed E-state index contributed by atoms with van der Waals surface area (Å²) in [5.74, 6) is -0.626. The second kappa shape index (κ2) is 11.4. The standard InChI is InChI=1S/C26H26Cl2FN5O2S/c1-16(24-17(27)2-3-18(29)25(24)28)36-34-12-8-19-21(34)5-4-20(32-19)22-6-7-23(37-22)26(35)31-11-15-33-13-9-30-10-14-33/h2-8,12,16,30H,9-11,13-15H2,1H3,(H,31,35). The maximum Gasteiger partial charge on any atom is 0.261 e. The highest BCUT2D eigenvalue weighted by Crippen LogP contribution is 2.34. The van der Waals surface area contributed by atoms with Gasteiger partial charge in [0.15, 0.2) is 6.10 Å². The van der Waals surface area contributed by atoms with Crippen LogP contribution in [-0.2, 0) is 0 Å². The van der Waals surface area contributed by atoms with Crippen LogP contribution in [0.4, 0.5) is 4.39 Å². The van der Waals surface area contributed by atoms with Crippen molar-refractivity contribution >= 4 is 51.5 Å². The van der Waals surface area contributed by atoms with Crippen molar-refractivity contribution in [2.45, 2.75) is 13.0 Å². The molecule has 3 aromatic heterocycles. The number of thiophene rings is 1. The van der Waals surface area contributed by atoms with Gasteiger partial charge in [0.1, 0.15) is 11.3 Å². The van der Waals surface area contributed by atoms with Gasteiger partial charge in [-0.15, -0.1) is 11.3 Å². The third-order valence-electron chi connectivity index (χ3n) is 6.27. The summed E-state index contributed by atoms with van der Waals surface area (Å²) in [6, 6.07) is 12.0. The van der Waals surface area contributed by atoms with Crippen molar-refractivity contribution in [3.8, 4) is 10.6 Å². The SMILES string of the molecule is CC(On1ccc2nc(-c3ccc(C(=O)NCCN4CCNCC4)s3)ccc21)c1c(Cl)ccc(F)c1Cl. The predicted octanol–water partition coefficient (Wildman–Crippen LogP) is 5.04. The third kappa shape index (κ3) is 5.76. The van der Waals surface area contributed by atoms with E-state index in [1.807, 2.05) is 30.3 Å². The fourth-order valence-corrected chi connectivity index (χ4v) is 5.88. The number of amides is 1. The Morgan fingerprint density at radius 3 is 2.81 bits per heavy atom. The number of nitrogens with one attached hydrogen (secondary N) is 2. The second-order valence-electron chi connectivity index (χ2n) is 8.76. The van der Waals surface area contributed by atoms with E-state index in [9.17, 15) is 9.18 Å². The van der Waals surface area contributed by atoms with Crippen molar-refractivity contribution in [3.63, 3.8) is 0 Å². The lowest BCUT2D eigenvalue weighted by Crippen LogP contribution is -2.46. The molecular formula is C26H26Cl2FN5O2S. The largest absolute Gasteiger partial charge is 0.406 e. The van der Waals surface area contributed by atoms with Gasteiger partial charge in [0.05, 0.1) is 26.0 Å². The molecule has 1 saturated heterocycles. The Morgan fingerprint density at radius 2 is 2.00 bits per heavy atom. The number of nitrogens with zero attached hydrogens (tertiary/aromatic N) is 3. The van der Waals surface area contributed by atoms with Crippen LogP contribution in [0, 0.1) is 5.82 Å². The zero-order valence-corrected chi connectivity index (χ0v) is 22.5. The van der Waals surface area contributed by atoms with Crippen LogP contribution in [0.2, 0.25) is 10.0 Å². The molecule has 0 aliphatic carbocycles. The van der Waals surface area contributed by atoms with Gasteiger partial charge in [-0.05, 0) is 49.4 Å². The van der Waals surface area contributed by atoms with Gasteiger partial charge >= 0.3 is 0 Å². The number of carbonyl (C=O) groups is 1. The summed E-state index contributed by atoms with van der Waals surface area (Å²) < 4.78 is 15.5. The summed E-state index contributed by atoms with van der Waals surface area (Å²) in [5, 5.41) is 6.61. The molecule has 37 heavy (non-hydrogen) atoms. The molecule has 1 fully saturated rings. The van der Waals surface area contributed by atoms with Crippen molar-refractivity contribution in [1.82, 2.24) is 25.2 Å². The second-order valence-corrected chi connectivity index (χ2v) is 10.6. The van der Waals surface area contributed by atoms with Crippen molar-refractivity contribution in [1.29, 1.82) is 0 Å². The average Bonchev–Trinajstić information content (AvgIpc) is 3.55. The van der Waals surface area contributed by atoms with Crippen LogP contribution in [0.5, 0.6) is 0 Å². The van der Waals surface area contributed by atoms with E-state index in [0.29, 0.717) is 22.0 Å². The summed E-state index contributed by atoms with van der Waals surface area (Å²) in [5.41, 5.74) is 2.60. The lowest BCUT2D eigenvalue weighted by atomic mass is 10.1. The van der Waals surface area contributed by atoms with Crippen molar-refractivity contribution in [2.75, 3.05) is 39.3 Å². The van der Waals surface area contributed by atoms with Gasteiger partial charge in [-0.25, -0.2) is 9.37 Å². The molecule has 11 heteroatoms. The van der Waals surface area contributed by atoms with E-state index in [0.717, 1.165) is 54.3 Å². The molecule has 1 unspecified atom stereocenters. The Morgan fingerprint density at radius 1 is 1.19 bits per heavy atom. The number of carbonyl (C=O) groups excluding carboxylic acids is 1. The highest BCUT2D eigenvalue weighted by Gasteiger charge is 2.20. The zero-order chi connectivity index (χ0) is 25.9. The van der Waals surface area contributed by atoms with Gasteiger partial charge in [-0.2, -0.15) is 4.73 Å². The first-order valence-electron chi connectivity index (χ1n) is 12.0. The number of rotatable bonds is 8. The van der Waals surface area contributed by atoms with E-state index in [1.165, 1.54) is 23.5 Å². The van der Waals surface area contributed by atoms with Crippen LogP contribution in [0.25, 0.3) is 21.6 Å². The van der Waals surface area contributed by atoms with E-state index < -0.39 is 11.9 Å². The van der Waals surface area contributed by atoms with E-state index in [4.69, 9.17) is 33.0 Å². The Labute approximate surface area is 228 Å². The summed E-state index contributed by atoms with van der Waals surface area (Å²) in [4.78, 5) is 27.3. The van der Waals surface area contributed by atoms with Gasteiger partial charge in [0.2, 0.25) is 0 Å². The zero-order valence-electron chi connectivity index (χ0n) is 20.1. The summed E-state index contributed by atoms with van der Waals surface area (Å²) in [6.45, 7) is 7.21. The molecule has 1 aromatic carbocycles. The Bertz CT molecular complexity index is 1420. The molecule has 1 atom stereocenters. The van der Waals surface area contributed by atoms with Crippen LogP contribution in [0.1, 0.15) is 28.3 Å². The van der Waals surface area contributed by atoms with E-state index in [1.54, 1.807) is 17.9 Å². The van der Waals surface area contributed by atoms with E-state index >= 15 is 0 Å². The van der Waals surface area contributed by atoms with Gasteiger partial charge < -0.3 is 15.5 Å². The van der Waals surface area contributed by atoms with Gasteiger partial charge in [-0.3, -0.25) is 9.69 Å². The minimum absolute atomic E-state index is 0.0572. The highest BCUT2D eigenvalue weighted by molar-refractivity contribution is 7.17. The minimum Gasteiger partial charge on any atom is -0.406 e.